The predicted octanol–water partition coefficient (Wildman–Crippen LogP) is -0.0775. The number of rotatable bonds is 5. The minimum Gasteiger partial charge on any atom is -0.383 e. The maximum atomic E-state index is 12.2. The monoisotopic (exact) mass is 279 g/mol. The molecule has 0 aromatic carbocycles. The summed E-state index contributed by atoms with van der Waals surface area (Å²) in [6, 6.07) is 0. The van der Waals surface area contributed by atoms with E-state index in [1.54, 1.807) is 13.3 Å². The molecule has 1 aliphatic rings. The van der Waals surface area contributed by atoms with Gasteiger partial charge in [-0.15, -0.1) is 0 Å². The van der Waals surface area contributed by atoms with E-state index in [-0.39, 0.29) is 5.91 Å². The van der Waals surface area contributed by atoms with E-state index in [9.17, 15) is 4.79 Å². The lowest BCUT2D eigenvalue weighted by molar-refractivity contribution is 0.0658. The van der Waals surface area contributed by atoms with Crippen molar-refractivity contribution in [2.24, 2.45) is 0 Å². The van der Waals surface area contributed by atoms with Crippen LogP contribution in [0, 0.1) is 0 Å². The van der Waals surface area contributed by atoms with Crippen LogP contribution in [0.3, 0.4) is 0 Å². The van der Waals surface area contributed by atoms with Crippen LogP contribution in [-0.4, -0.2) is 79.2 Å². The number of piperazine rings is 1. The van der Waals surface area contributed by atoms with Crippen molar-refractivity contribution >= 4 is 11.7 Å². The van der Waals surface area contributed by atoms with E-state index in [4.69, 9.17) is 4.74 Å². The van der Waals surface area contributed by atoms with Crippen molar-refractivity contribution in [3.63, 3.8) is 0 Å². The molecule has 1 N–H and O–H groups in total. The summed E-state index contributed by atoms with van der Waals surface area (Å²) < 4.78 is 4.94. The van der Waals surface area contributed by atoms with Gasteiger partial charge in [-0.2, -0.15) is 0 Å². The fourth-order valence-corrected chi connectivity index (χ4v) is 1.98. The zero-order valence-corrected chi connectivity index (χ0v) is 12.0. The third-order valence-corrected chi connectivity index (χ3v) is 3.27. The van der Waals surface area contributed by atoms with E-state index >= 15 is 0 Å². The lowest BCUT2D eigenvalue weighted by Crippen LogP contribution is -2.47. The molecular formula is C13H21N5O2. The highest BCUT2D eigenvalue weighted by Gasteiger charge is 2.21. The van der Waals surface area contributed by atoms with Crippen LogP contribution in [0.25, 0.3) is 0 Å². The Labute approximate surface area is 118 Å². The Morgan fingerprint density at radius 2 is 2.05 bits per heavy atom. The summed E-state index contributed by atoms with van der Waals surface area (Å²) in [6.07, 6.45) is 3.11. The fraction of sp³-hybridized carbons (Fsp3) is 0.615. The van der Waals surface area contributed by atoms with Crippen LogP contribution in [0.1, 0.15) is 10.5 Å². The Morgan fingerprint density at radius 1 is 1.30 bits per heavy atom. The van der Waals surface area contributed by atoms with E-state index < -0.39 is 0 Å². The Bertz CT molecular complexity index is 429. The number of anilines is 1. The minimum absolute atomic E-state index is 0.0472. The van der Waals surface area contributed by atoms with E-state index in [1.807, 2.05) is 4.90 Å². The highest BCUT2D eigenvalue weighted by molar-refractivity contribution is 5.92. The average molecular weight is 279 g/mol. The van der Waals surface area contributed by atoms with Crippen molar-refractivity contribution in [3.8, 4) is 0 Å². The van der Waals surface area contributed by atoms with Gasteiger partial charge in [0.25, 0.3) is 5.91 Å². The standard InChI is InChI=1S/C13H21N5O2/c1-17-4-6-18(7-5-17)13(19)11-9-16-12(10-15-11)14-3-8-20-2/h9-10H,3-8H2,1-2H3,(H,14,16). The van der Waals surface area contributed by atoms with Gasteiger partial charge in [0, 0.05) is 39.8 Å². The van der Waals surface area contributed by atoms with Crippen LogP contribution in [-0.2, 0) is 4.74 Å². The van der Waals surface area contributed by atoms with Crippen LogP contribution in [0.5, 0.6) is 0 Å². The lowest BCUT2D eigenvalue weighted by Gasteiger charge is -2.32. The van der Waals surface area contributed by atoms with Crippen LogP contribution >= 0.6 is 0 Å². The van der Waals surface area contributed by atoms with Gasteiger partial charge >= 0.3 is 0 Å². The van der Waals surface area contributed by atoms with Crippen molar-refractivity contribution < 1.29 is 9.53 Å². The van der Waals surface area contributed by atoms with Crippen LogP contribution in [0.2, 0.25) is 0 Å². The van der Waals surface area contributed by atoms with Gasteiger partial charge in [-0.05, 0) is 7.05 Å². The predicted molar refractivity (Wildman–Crippen MR) is 75.8 cm³/mol. The minimum atomic E-state index is -0.0472. The topological polar surface area (TPSA) is 70.6 Å². The Balaban J connectivity index is 1.90. The summed E-state index contributed by atoms with van der Waals surface area (Å²) in [6.45, 7) is 4.54. The molecule has 1 saturated heterocycles. The Kier molecular flexibility index (Phi) is 5.25. The number of amides is 1. The van der Waals surface area contributed by atoms with Gasteiger partial charge in [0.05, 0.1) is 19.0 Å². The number of methoxy groups -OCH3 is 1. The van der Waals surface area contributed by atoms with Crippen molar-refractivity contribution in [1.82, 2.24) is 19.8 Å². The molecule has 1 amide bonds. The molecule has 1 aromatic heterocycles. The van der Waals surface area contributed by atoms with Gasteiger partial charge < -0.3 is 19.9 Å². The van der Waals surface area contributed by atoms with Crippen molar-refractivity contribution in [2.75, 3.05) is 58.8 Å². The molecule has 0 aliphatic carbocycles. The molecule has 0 saturated carbocycles. The first-order chi connectivity index (χ1) is 9.70. The Hall–Kier alpha value is -1.73. The largest absolute Gasteiger partial charge is 0.383 e. The molecular weight excluding hydrogens is 258 g/mol. The summed E-state index contributed by atoms with van der Waals surface area (Å²) in [5, 5.41) is 3.07. The molecule has 7 heteroatoms. The average Bonchev–Trinajstić information content (AvgIpc) is 2.48. The van der Waals surface area contributed by atoms with E-state index in [0.717, 1.165) is 26.2 Å². The van der Waals surface area contributed by atoms with Crippen LogP contribution in [0.15, 0.2) is 12.4 Å². The summed E-state index contributed by atoms with van der Waals surface area (Å²) in [5.74, 6) is 0.603. The van der Waals surface area contributed by atoms with E-state index in [0.29, 0.717) is 24.7 Å². The maximum Gasteiger partial charge on any atom is 0.274 e. The zero-order chi connectivity index (χ0) is 14.4. The molecule has 0 unspecified atom stereocenters. The quantitative estimate of drug-likeness (QED) is 0.760. The molecule has 110 valence electrons. The number of nitrogens with zero attached hydrogens (tertiary/aromatic N) is 4. The molecule has 1 aromatic rings. The fourth-order valence-electron chi connectivity index (χ4n) is 1.98. The number of nitrogens with one attached hydrogen (secondary N) is 1. The van der Waals surface area contributed by atoms with Gasteiger partial charge in [-0.1, -0.05) is 0 Å². The third-order valence-electron chi connectivity index (χ3n) is 3.27. The molecule has 0 bridgehead atoms. The van der Waals surface area contributed by atoms with Crippen molar-refractivity contribution in [3.05, 3.63) is 18.1 Å². The van der Waals surface area contributed by atoms with Crippen molar-refractivity contribution in [2.45, 2.75) is 0 Å². The second kappa shape index (κ2) is 7.16. The number of likely N-dealkylation sites (N-methyl/N-ethyl adjacent to an activating group) is 1. The first-order valence-corrected chi connectivity index (χ1v) is 6.73. The summed E-state index contributed by atoms with van der Waals surface area (Å²) >= 11 is 0. The summed E-state index contributed by atoms with van der Waals surface area (Å²) in [7, 11) is 3.70. The maximum absolute atomic E-state index is 12.2. The molecule has 7 nitrogen and oxygen atoms in total. The van der Waals surface area contributed by atoms with Gasteiger partial charge in [-0.3, -0.25) is 4.79 Å². The number of carbonyl (C=O) groups is 1. The first-order valence-electron chi connectivity index (χ1n) is 6.73. The summed E-state index contributed by atoms with van der Waals surface area (Å²) in [5.41, 5.74) is 0.395. The molecule has 1 aliphatic heterocycles. The highest BCUT2D eigenvalue weighted by Crippen LogP contribution is 2.07. The molecule has 0 atom stereocenters. The molecule has 2 rings (SSSR count). The number of carbonyl (C=O) groups excluding carboxylic acids is 1. The van der Waals surface area contributed by atoms with Gasteiger partial charge in [0.2, 0.25) is 0 Å². The number of hydrogen-bond donors (Lipinski definition) is 1. The Morgan fingerprint density at radius 3 is 2.65 bits per heavy atom. The molecule has 0 radical (unpaired) electrons. The third kappa shape index (κ3) is 3.88. The SMILES string of the molecule is COCCNc1cnc(C(=O)N2CCN(C)CC2)cn1. The van der Waals surface area contributed by atoms with Crippen LogP contribution < -0.4 is 5.32 Å². The molecule has 0 spiro atoms. The second-order valence-electron chi connectivity index (χ2n) is 4.80. The number of hydrogen-bond acceptors (Lipinski definition) is 6. The molecule has 2 heterocycles. The summed E-state index contributed by atoms with van der Waals surface area (Å²) in [4.78, 5) is 24.6. The zero-order valence-electron chi connectivity index (χ0n) is 12.0. The smallest absolute Gasteiger partial charge is 0.274 e. The van der Waals surface area contributed by atoms with E-state index in [2.05, 4.69) is 27.2 Å². The first kappa shape index (κ1) is 14.7. The van der Waals surface area contributed by atoms with Crippen molar-refractivity contribution in [1.29, 1.82) is 0 Å². The van der Waals surface area contributed by atoms with Crippen LogP contribution in [0.4, 0.5) is 5.82 Å². The van der Waals surface area contributed by atoms with Gasteiger partial charge in [0.15, 0.2) is 0 Å². The van der Waals surface area contributed by atoms with Gasteiger partial charge in [0.1, 0.15) is 11.5 Å². The number of aromatic nitrogens is 2. The lowest BCUT2D eigenvalue weighted by atomic mass is 10.3. The van der Waals surface area contributed by atoms with E-state index in [1.165, 1.54) is 6.20 Å². The molecule has 1 fully saturated rings. The van der Waals surface area contributed by atoms with Gasteiger partial charge in [-0.25, -0.2) is 9.97 Å². The number of ether oxygens (including phenoxy) is 1. The molecule has 20 heavy (non-hydrogen) atoms. The highest BCUT2D eigenvalue weighted by atomic mass is 16.5. The second-order valence-corrected chi connectivity index (χ2v) is 4.80. The normalized spacial score (nSPS) is 16.2.